The molecule has 1 aliphatic heterocycles. The summed E-state index contributed by atoms with van der Waals surface area (Å²) in [7, 11) is 0. The van der Waals surface area contributed by atoms with Crippen molar-refractivity contribution >= 4 is 23.3 Å². The lowest BCUT2D eigenvalue weighted by molar-refractivity contribution is 0.194. The Hall–Kier alpha value is -2.92. The van der Waals surface area contributed by atoms with Crippen LogP contribution in [0.2, 0.25) is 5.02 Å². The molecule has 1 heterocycles. The molecule has 3 nitrogen and oxygen atoms in total. The van der Waals surface area contributed by atoms with Crippen molar-refractivity contribution < 1.29 is 13.6 Å². The quantitative estimate of drug-likeness (QED) is 0.581. The molecule has 0 aliphatic carbocycles. The van der Waals surface area contributed by atoms with Crippen LogP contribution in [0.4, 0.5) is 19.3 Å². The maximum atomic E-state index is 14.0. The van der Waals surface area contributed by atoms with Gasteiger partial charge in [0.05, 0.1) is 11.7 Å². The third kappa shape index (κ3) is 3.45. The van der Waals surface area contributed by atoms with E-state index >= 15 is 0 Å². The maximum absolute atomic E-state index is 14.0. The SMILES string of the molecule is O=C(Nc1ccc(F)cc1F)N1CCc2ccccc2C1c1ccccc1Cl. The zero-order valence-corrected chi connectivity index (χ0v) is 15.6. The summed E-state index contributed by atoms with van der Waals surface area (Å²) in [5.74, 6) is -1.52. The monoisotopic (exact) mass is 398 g/mol. The number of nitrogens with zero attached hydrogens (tertiary/aromatic N) is 1. The van der Waals surface area contributed by atoms with Crippen LogP contribution < -0.4 is 5.32 Å². The first-order valence-corrected chi connectivity index (χ1v) is 9.27. The molecular formula is C22H17ClF2N2O. The van der Waals surface area contributed by atoms with Gasteiger partial charge in [0.25, 0.3) is 0 Å². The molecular weight excluding hydrogens is 382 g/mol. The lowest BCUT2D eigenvalue weighted by Crippen LogP contribution is -2.43. The number of fused-ring (bicyclic) bond motifs is 1. The first-order valence-electron chi connectivity index (χ1n) is 8.89. The van der Waals surface area contributed by atoms with Gasteiger partial charge in [-0.2, -0.15) is 0 Å². The first kappa shape index (κ1) is 18.4. The first-order chi connectivity index (χ1) is 13.5. The molecule has 142 valence electrons. The molecule has 0 fully saturated rings. The second kappa shape index (κ2) is 7.60. The molecule has 4 rings (SSSR count). The fraction of sp³-hybridized carbons (Fsp3) is 0.136. The van der Waals surface area contributed by atoms with Crippen LogP contribution in [0.5, 0.6) is 0 Å². The van der Waals surface area contributed by atoms with E-state index in [1.807, 2.05) is 42.5 Å². The molecule has 1 atom stereocenters. The van der Waals surface area contributed by atoms with Gasteiger partial charge >= 0.3 is 6.03 Å². The number of carbonyl (C=O) groups excluding carboxylic acids is 1. The Morgan fingerprint density at radius 2 is 1.71 bits per heavy atom. The Morgan fingerprint density at radius 3 is 2.46 bits per heavy atom. The summed E-state index contributed by atoms with van der Waals surface area (Å²) in [6.45, 7) is 0.446. The zero-order chi connectivity index (χ0) is 19.7. The zero-order valence-electron chi connectivity index (χ0n) is 14.8. The molecule has 0 aromatic heterocycles. The van der Waals surface area contributed by atoms with E-state index in [0.717, 1.165) is 28.8 Å². The van der Waals surface area contributed by atoms with Crippen molar-refractivity contribution in [2.24, 2.45) is 0 Å². The van der Waals surface area contributed by atoms with Crippen LogP contribution in [0.3, 0.4) is 0 Å². The van der Waals surface area contributed by atoms with Crippen LogP contribution >= 0.6 is 11.6 Å². The number of carbonyl (C=O) groups is 1. The summed E-state index contributed by atoms with van der Waals surface area (Å²) < 4.78 is 27.2. The van der Waals surface area contributed by atoms with Crippen LogP contribution in [0, 0.1) is 11.6 Å². The van der Waals surface area contributed by atoms with Crippen LogP contribution in [0.25, 0.3) is 0 Å². The van der Waals surface area contributed by atoms with Crippen molar-refractivity contribution in [3.05, 3.63) is 100 Å². The third-order valence-electron chi connectivity index (χ3n) is 4.92. The largest absolute Gasteiger partial charge is 0.322 e. The van der Waals surface area contributed by atoms with Gasteiger partial charge in [0.2, 0.25) is 0 Å². The van der Waals surface area contributed by atoms with E-state index in [9.17, 15) is 13.6 Å². The highest BCUT2D eigenvalue weighted by Crippen LogP contribution is 2.38. The molecule has 1 unspecified atom stereocenters. The highest BCUT2D eigenvalue weighted by Gasteiger charge is 2.33. The molecule has 3 aromatic rings. The van der Waals surface area contributed by atoms with Gasteiger partial charge in [-0.05, 0) is 41.3 Å². The summed E-state index contributed by atoms with van der Waals surface area (Å²) in [5, 5.41) is 3.11. The average Bonchev–Trinajstić information content (AvgIpc) is 2.70. The van der Waals surface area contributed by atoms with Gasteiger partial charge in [0, 0.05) is 17.6 Å². The van der Waals surface area contributed by atoms with Crippen LogP contribution in [-0.4, -0.2) is 17.5 Å². The Kier molecular flexibility index (Phi) is 5.01. The second-order valence-electron chi connectivity index (χ2n) is 6.62. The Labute approximate surface area is 166 Å². The number of rotatable bonds is 2. The number of hydrogen-bond acceptors (Lipinski definition) is 1. The smallest absolute Gasteiger partial charge is 0.313 e. The standard InChI is InChI=1S/C22H17ClF2N2O/c23-18-8-4-3-7-17(18)21-16-6-2-1-5-14(16)11-12-27(21)22(28)26-20-10-9-15(24)13-19(20)25/h1-10,13,21H,11-12H2,(H,26,28). The molecule has 3 aromatic carbocycles. The second-order valence-corrected chi connectivity index (χ2v) is 7.03. The summed E-state index contributed by atoms with van der Waals surface area (Å²) >= 11 is 6.44. The minimum Gasteiger partial charge on any atom is -0.313 e. The van der Waals surface area contributed by atoms with Crippen molar-refractivity contribution in [2.45, 2.75) is 12.5 Å². The van der Waals surface area contributed by atoms with Gasteiger partial charge in [-0.1, -0.05) is 54.1 Å². The van der Waals surface area contributed by atoms with Crippen molar-refractivity contribution in [2.75, 3.05) is 11.9 Å². The lowest BCUT2D eigenvalue weighted by atomic mass is 9.88. The van der Waals surface area contributed by atoms with E-state index in [-0.39, 0.29) is 5.69 Å². The van der Waals surface area contributed by atoms with Crippen LogP contribution in [0.1, 0.15) is 22.7 Å². The highest BCUT2D eigenvalue weighted by atomic mass is 35.5. The number of nitrogens with one attached hydrogen (secondary N) is 1. The summed E-state index contributed by atoms with van der Waals surface area (Å²) in [6, 6.07) is 17.5. The summed E-state index contributed by atoms with van der Waals surface area (Å²) in [4.78, 5) is 14.7. The van der Waals surface area contributed by atoms with E-state index in [0.29, 0.717) is 18.0 Å². The summed E-state index contributed by atoms with van der Waals surface area (Å²) in [6.07, 6.45) is 0.677. The number of anilines is 1. The molecule has 0 radical (unpaired) electrons. The predicted octanol–water partition coefficient (Wildman–Crippen LogP) is 5.80. The number of hydrogen-bond donors (Lipinski definition) is 1. The van der Waals surface area contributed by atoms with Crippen molar-refractivity contribution in [3.8, 4) is 0 Å². The van der Waals surface area contributed by atoms with E-state index < -0.39 is 23.7 Å². The Morgan fingerprint density at radius 1 is 1.00 bits per heavy atom. The van der Waals surface area contributed by atoms with Crippen molar-refractivity contribution in [3.63, 3.8) is 0 Å². The van der Waals surface area contributed by atoms with Crippen molar-refractivity contribution in [1.29, 1.82) is 0 Å². The van der Waals surface area contributed by atoms with Crippen molar-refractivity contribution in [1.82, 2.24) is 4.90 Å². The van der Waals surface area contributed by atoms with Gasteiger partial charge in [-0.3, -0.25) is 0 Å². The third-order valence-corrected chi connectivity index (χ3v) is 5.26. The molecule has 1 aliphatic rings. The van der Waals surface area contributed by atoms with Gasteiger partial charge in [0.15, 0.2) is 0 Å². The molecule has 0 bridgehead atoms. The van der Waals surface area contributed by atoms with E-state index in [2.05, 4.69) is 5.32 Å². The minimum absolute atomic E-state index is 0.0665. The Bertz CT molecular complexity index is 1040. The van der Waals surface area contributed by atoms with E-state index in [4.69, 9.17) is 11.6 Å². The molecule has 28 heavy (non-hydrogen) atoms. The van der Waals surface area contributed by atoms with E-state index in [1.54, 1.807) is 11.0 Å². The lowest BCUT2D eigenvalue weighted by Gasteiger charge is -2.38. The normalized spacial score (nSPS) is 15.8. The number of benzene rings is 3. The van der Waals surface area contributed by atoms with Gasteiger partial charge in [-0.15, -0.1) is 0 Å². The fourth-order valence-electron chi connectivity index (χ4n) is 3.60. The molecule has 1 N–H and O–H groups in total. The predicted molar refractivity (Wildman–Crippen MR) is 106 cm³/mol. The van der Waals surface area contributed by atoms with Gasteiger partial charge in [-0.25, -0.2) is 13.6 Å². The number of halogens is 3. The molecule has 0 spiro atoms. The van der Waals surface area contributed by atoms with Crippen LogP contribution in [-0.2, 0) is 6.42 Å². The molecule has 6 heteroatoms. The average molecular weight is 399 g/mol. The minimum atomic E-state index is -0.819. The molecule has 2 amide bonds. The maximum Gasteiger partial charge on any atom is 0.322 e. The van der Waals surface area contributed by atoms with Gasteiger partial charge < -0.3 is 10.2 Å². The van der Waals surface area contributed by atoms with E-state index in [1.165, 1.54) is 6.07 Å². The number of urea groups is 1. The molecule has 0 saturated carbocycles. The highest BCUT2D eigenvalue weighted by molar-refractivity contribution is 6.31. The fourth-order valence-corrected chi connectivity index (χ4v) is 3.83. The van der Waals surface area contributed by atoms with Gasteiger partial charge in [0.1, 0.15) is 11.6 Å². The Balaban J connectivity index is 1.72. The van der Waals surface area contributed by atoms with Crippen LogP contribution in [0.15, 0.2) is 66.7 Å². The number of amides is 2. The summed E-state index contributed by atoms with van der Waals surface area (Å²) in [5.41, 5.74) is 2.86. The molecule has 0 saturated heterocycles. The topological polar surface area (TPSA) is 32.3 Å².